The molecular formula is C22H20N2O7. The van der Waals surface area contributed by atoms with Gasteiger partial charge in [0.05, 0.1) is 25.0 Å². The van der Waals surface area contributed by atoms with E-state index in [1.807, 2.05) is 6.92 Å². The molecule has 1 heterocycles. The van der Waals surface area contributed by atoms with Crippen LogP contribution in [0.2, 0.25) is 0 Å². The number of imide groups is 2. The maximum Gasteiger partial charge on any atom is 0.335 e. The molecule has 1 saturated heterocycles. The third-order valence-electron chi connectivity index (χ3n) is 4.43. The van der Waals surface area contributed by atoms with Crippen LogP contribution in [0.5, 0.6) is 11.5 Å². The van der Waals surface area contributed by atoms with E-state index in [-0.39, 0.29) is 16.8 Å². The van der Waals surface area contributed by atoms with Crippen molar-refractivity contribution in [1.82, 2.24) is 5.32 Å². The van der Waals surface area contributed by atoms with E-state index in [1.165, 1.54) is 37.5 Å². The minimum atomic E-state index is -1.14. The number of carboxylic acid groups (broad SMARTS) is 1. The molecule has 0 aromatic heterocycles. The standard InChI is InChI=1S/C22H20N2O7/c1-3-10-31-17-9-4-13(12-18(17)30-2)11-16-19(25)23-22(29)24(20(16)26)15-7-5-14(6-8-15)21(27)28/h4-9,11-12H,3,10H2,1-2H3,(H,27,28)(H,23,25,29)/b16-11-. The van der Waals surface area contributed by atoms with Crippen LogP contribution in [-0.4, -0.2) is 42.6 Å². The van der Waals surface area contributed by atoms with Crippen molar-refractivity contribution in [3.8, 4) is 11.5 Å². The van der Waals surface area contributed by atoms with Crippen molar-refractivity contribution in [2.45, 2.75) is 13.3 Å². The fourth-order valence-electron chi connectivity index (χ4n) is 2.92. The number of hydrogen-bond donors (Lipinski definition) is 2. The number of carboxylic acids is 1. The minimum absolute atomic E-state index is 0.00191. The Kier molecular flexibility index (Phi) is 6.35. The number of barbiturate groups is 1. The molecule has 9 heteroatoms. The van der Waals surface area contributed by atoms with E-state index >= 15 is 0 Å². The van der Waals surface area contributed by atoms with Gasteiger partial charge in [0, 0.05) is 0 Å². The first kappa shape index (κ1) is 21.6. The van der Waals surface area contributed by atoms with Crippen molar-refractivity contribution in [1.29, 1.82) is 0 Å². The normalized spacial score (nSPS) is 15.1. The topological polar surface area (TPSA) is 122 Å². The summed E-state index contributed by atoms with van der Waals surface area (Å²) in [6, 6.07) is 9.17. The highest BCUT2D eigenvalue weighted by Gasteiger charge is 2.36. The number of carbonyl (C=O) groups excluding carboxylic acids is 3. The zero-order valence-electron chi connectivity index (χ0n) is 16.9. The lowest BCUT2D eigenvalue weighted by atomic mass is 10.1. The number of anilines is 1. The molecule has 3 rings (SSSR count). The van der Waals surface area contributed by atoms with Gasteiger partial charge in [0.15, 0.2) is 11.5 Å². The fourth-order valence-corrected chi connectivity index (χ4v) is 2.92. The maximum atomic E-state index is 12.9. The Hall–Kier alpha value is -4.14. The second-order valence-electron chi connectivity index (χ2n) is 6.57. The number of rotatable bonds is 7. The average Bonchev–Trinajstić information content (AvgIpc) is 2.75. The number of urea groups is 1. The summed E-state index contributed by atoms with van der Waals surface area (Å²) in [4.78, 5) is 49.3. The monoisotopic (exact) mass is 424 g/mol. The minimum Gasteiger partial charge on any atom is -0.493 e. The van der Waals surface area contributed by atoms with Crippen LogP contribution in [0.1, 0.15) is 29.3 Å². The fraction of sp³-hybridized carbons (Fsp3) is 0.182. The highest BCUT2D eigenvalue weighted by atomic mass is 16.5. The van der Waals surface area contributed by atoms with Crippen molar-refractivity contribution < 1.29 is 33.8 Å². The molecule has 1 fully saturated rings. The highest BCUT2D eigenvalue weighted by molar-refractivity contribution is 6.39. The molecule has 0 unspecified atom stereocenters. The molecule has 0 bridgehead atoms. The lowest BCUT2D eigenvalue weighted by Crippen LogP contribution is -2.54. The van der Waals surface area contributed by atoms with Crippen LogP contribution in [0, 0.1) is 0 Å². The highest BCUT2D eigenvalue weighted by Crippen LogP contribution is 2.30. The van der Waals surface area contributed by atoms with E-state index in [0.29, 0.717) is 23.7 Å². The van der Waals surface area contributed by atoms with Crippen LogP contribution in [0.3, 0.4) is 0 Å². The van der Waals surface area contributed by atoms with Crippen molar-refractivity contribution in [3.05, 3.63) is 59.2 Å². The van der Waals surface area contributed by atoms with Crippen LogP contribution in [0.15, 0.2) is 48.0 Å². The molecule has 1 aliphatic rings. The van der Waals surface area contributed by atoms with Crippen LogP contribution in [0.25, 0.3) is 6.08 Å². The van der Waals surface area contributed by atoms with Crippen molar-refractivity contribution in [2.24, 2.45) is 0 Å². The number of aromatic carboxylic acids is 1. The van der Waals surface area contributed by atoms with Crippen LogP contribution in [0.4, 0.5) is 10.5 Å². The van der Waals surface area contributed by atoms with Crippen molar-refractivity contribution in [2.75, 3.05) is 18.6 Å². The largest absolute Gasteiger partial charge is 0.493 e. The lowest BCUT2D eigenvalue weighted by Gasteiger charge is -2.26. The molecular weight excluding hydrogens is 404 g/mol. The van der Waals surface area contributed by atoms with E-state index in [1.54, 1.807) is 18.2 Å². The molecule has 31 heavy (non-hydrogen) atoms. The van der Waals surface area contributed by atoms with E-state index in [9.17, 15) is 19.2 Å². The number of carbonyl (C=O) groups is 4. The SMILES string of the molecule is CCCOc1ccc(/C=C2/C(=O)NC(=O)N(c3ccc(C(=O)O)cc3)C2=O)cc1OC. The molecule has 2 N–H and O–H groups in total. The molecule has 2 aromatic carbocycles. The number of nitrogens with zero attached hydrogens (tertiary/aromatic N) is 1. The Morgan fingerprint density at radius 3 is 2.42 bits per heavy atom. The number of hydrogen-bond acceptors (Lipinski definition) is 6. The molecule has 0 spiro atoms. The molecule has 0 saturated carbocycles. The predicted octanol–water partition coefficient (Wildman–Crippen LogP) is 2.85. The summed E-state index contributed by atoms with van der Waals surface area (Å²) >= 11 is 0. The molecule has 160 valence electrons. The van der Waals surface area contributed by atoms with Gasteiger partial charge in [-0.3, -0.25) is 14.9 Å². The molecule has 2 aromatic rings. The van der Waals surface area contributed by atoms with E-state index < -0.39 is 23.8 Å². The molecule has 1 aliphatic heterocycles. The Bertz CT molecular complexity index is 1070. The second-order valence-corrected chi connectivity index (χ2v) is 6.57. The van der Waals surface area contributed by atoms with Crippen molar-refractivity contribution >= 4 is 35.6 Å². The number of nitrogens with one attached hydrogen (secondary N) is 1. The van der Waals surface area contributed by atoms with Gasteiger partial charge >= 0.3 is 12.0 Å². The zero-order chi connectivity index (χ0) is 22.5. The van der Waals surface area contributed by atoms with E-state index in [4.69, 9.17) is 14.6 Å². The number of amides is 4. The van der Waals surface area contributed by atoms with Crippen molar-refractivity contribution in [3.63, 3.8) is 0 Å². The summed E-state index contributed by atoms with van der Waals surface area (Å²) in [5.41, 5.74) is 0.366. The van der Waals surface area contributed by atoms with Gasteiger partial charge in [0.2, 0.25) is 0 Å². The number of benzene rings is 2. The third-order valence-corrected chi connectivity index (χ3v) is 4.43. The van der Waals surface area contributed by atoms with Gasteiger partial charge in [0.25, 0.3) is 11.8 Å². The van der Waals surface area contributed by atoms with Gasteiger partial charge in [-0.05, 0) is 54.5 Å². The number of methoxy groups -OCH3 is 1. The first-order valence-electron chi connectivity index (χ1n) is 9.41. The summed E-state index contributed by atoms with van der Waals surface area (Å²) in [5, 5.41) is 11.1. The van der Waals surface area contributed by atoms with Gasteiger partial charge in [-0.15, -0.1) is 0 Å². The van der Waals surface area contributed by atoms with Gasteiger partial charge < -0.3 is 14.6 Å². The van der Waals surface area contributed by atoms with Crippen LogP contribution >= 0.6 is 0 Å². The molecule has 0 aliphatic carbocycles. The second kappa shape index (κ2) is 9.12. The quantitative estimate of drug-likeness (QED) is 0.518. The van der Waals surface area contributed by atoms with Crippen LogP contribution in [-0.2, 0) is 9.59 Å². The summed E-state index contributed by atoms with van der Waals surface area (Å²) < 4.78 is 10.9. The first-order chi connectivity index (χ1) is 14.8. The molecule has 4 amide bonds. The first-order valence-corrected chi connectivity index (χ1v) is 9.41. The van der Waals surface area contributed by atoms with E-state index in [0.717, 1.165) is 11.3 Å². The summed E-state index contributed by atoms with van der Waals surface area (Å²) in [7, 11) is 1.48. The molecule has 0 atom stereocenters. The number of ether oxygens (including phenoxy) is 2. The Labute approximate surface area is 177 Å². The Morgan fingerprint density at radius 2 is 1.81 bits per heavy atom. The third kappa shape index (κ3) is 4.55. The molecule has 9 nitrogen and oxygen atoms in total. The summed E-state index contributed by atoms with van der Waals surface area (Å²) in [6.45, 7) is 2.48. The van der Waals surface area contributed by atoms with Gasteiger partial charge in [-0.1, -0.05) is 13.0 Å². The van der Waals surface area contributed by atoms with Gasteiger partial charge in [-0.25, -0.2) is 14.5 Å². The average molecular weight is 424 g/mol. The Morgan fingerprint density at radius 1 is 1.10 bits per heavy atom. The van der Waals surface area contributed by atoms with Crippen LogP contribution < -0.4 is 19.7 Å². The maximum absolute atomic E-state index is 12.9. The van der Waals surface area contributed by atoms with Gasteiger partial charge in [0.1, 0.15) is 5.57 Å². The Balaban J connectivity index is 1.94. The lowest BCUT2D eigenvalue weighted by molar-refractivity contribution is -0.122. The van der Waals surface area contributed by atoms with E-state index in [2.05, 4.69) is 5.32 Å². The van der Waals surface area contributed by atoms with Gasteiger partial charge in [-0.2, -0.15) is 0 Å². The summed E-state index contributed by atoms with van der Waals surface area (Å²) in [5.74, 6) is -1.84. The zero-order valence-corrected chi connectivity index (χ0v) is 16.9. The summed E-state index contributed by atoms with van der Waals surface area (Å²) in [6.07, 6.45) is 2.16. The predicted molar refractivity (Wildman–Crippen MR) is 111 cm³/mol. The smallest absolute Gasteiger partial charge is 0.335 e. The molecule has 0 radical (unpaired) electrons.